The highest BCUT2D eigenvalue weighted by molar-refractivity contribution is 5.79. The number of benzene rings is 1. The zero-order valence-corrected chi connectivity index (χ0v) is 9.51. The molecule has 1 atom stereocenters. The second kappa shape index (κ2) is 3.92. The number of methoxy groups -OCH3 is 1. The molecule has 5 heteroatoms. The van der Waals surface area contributed by atoms with Crippen LogP contribution in [-0.4, -0.2) is 29.3 Å². The second-order valence-electron chi connectivity index (χ2n) is 4.33. The van der Waals surface area contributed by atoms with Crippen LogP contribution < -0.4 is 5.73 Å². The van der Waals surface area contributed by atoms with E-state index in [2.05, 4.69) is 4.74 Å². The summed E-state index contributed by atoms with van der Waals surface area (Å²) >= 11 is 0. The molecule has 1 aliphatic carbocycles. The van der Waals surface area contributed by atoms with Gasteiger partial charge in [-0.2, -0.15) is 0 Å². The van der Waals surface area contributed by atoms with Gasteiger partial charge in [0.1, 0.15) is 6.04 Å². The van der Waals surface area contributed by atoms with Gasteiger partial charge in [0.15, 0.2) is 11.5 Å². The molecule has 0 radical (unpaired) electrons. The van der Waals surface area contributed by atoms with E-state index in [1.54, 1.807) is 12.1 Å². The van der Waals surface area contributed by atoms with Crippen molar-refractivity contribution in [3.05, 3.63) is 23.8 Å². The fraction of sp³-hybridized carbons (Fsp3) is 0.417. The summed E-state index contributed by atoms with van der Waals surface area (Å²) in [6, 6.07) is 3.86. The van der Waals surface area contributed by atoms with Crippen molar-refractivity contribution >= 4 is 5.97 Å². The highest BCUT2D eigenvalue weighted by Crippen LogP contribution is 2.54. The van der Waals surface area contributed by atoms with E-state index in [-0.39, 0.29) is 11.5 Å². The Hall–Kier alpha value is -1.75. The topological polar surface area (TPSA) is 92.8 Å². The molecule has 2 rings (SSSR count). The number of esters is 1. The number of phenols is 2. The minimum absolute atomic E-state index is 0.203. The van der Waals surface area contributed by atoms with Crippen LogP contribution >= 0.6 is 0 Å². The summed E-state index contributed by atoms with van der Waals surface area (Å²) < 4.78 is 4.62. The van der Waals surface area contributed by atoms with Crippen molar-refractivity contribution in [1.82, 2.24) is 0 Å². The Kier molecular flexibility index (Phi) is 2.71. The minimum Gasteiger partial charge on any atom is -0.504 e. The van der Waals surface area contributed by atoms with Gasteiger partial charge < -0.3 is 20.7 Å². The van der Waals surface area contributed by atoms with E-state index >= 15 is 0 Å². The van der Waals surface area contributed by atoms with Crippen LogP contribution in [0.2, 0.25) is 0 Å². The van der Waals surface area contributed by atoms with Crippen LogP contribution in [0.3, 0.4) is 0 Å². The minimum atomic E-state index is -0.819. The van der Waals surface area contributed by atoms with Crippen molar-refractivity contribution in [1.29, 1.82) is 0 Å². The number of phenolic OH excluding ortho intramolecular Hbond substituents is 2. The number of rotatable bonds is 3. The molecule has 0 spiro atoms. The quantitative estimate of drug-likeness (QED) is 0.529. The van der Waals surface area contributed by atoms with Gasteiger partial charge in [0, 0.05) is 11.0 Å². The SMILES string of the molecule is COC(=O)C(N)C1(c2cccc(O)c2O)CC1. The van der Waals surface area contributed by atoms with Gasteiger partial charge in [-0.15, -0.1) is 0 Å². The highest BCUT2D eigenvalue weighted by Gasteiger charge is 2.54. The van der Waals surface area contributed by atoms with Gasteiger partial charge in [-0.05, 0) is 18.9 Å². The lowest BCUT2D eigenvalue weighted by molar-refractivity contribution is -0.143. The van der Waals surface area contributed by atoms with Crippen molar-refractivity contribution in [3.63, 3.8) is 0 Å². The first-order chi connectivity index (χ1) is 8.03. The second-order valence-corrected chi connectivity index (χ2v) is 4.33. The van der Waals surface area contributed by atoms with Crippen LogP contribution in [0, 0.1) is 0 Å². The third kappa shape index (κ3) is 1.72. The highest BCUT2D eigenvalue weighted by atomic mass is 16.5. The number of ether oxygens (including phenoxy) is 1. The predicted octanol–water partition coefficient (Wildman–Crippen LogP) is 0.630. The molecule has 0 saturated heterocycles. The molecular formula is C12H15NO4. The molecule has 5 nitrogen and oxygen atoms in total. The molecule has 0 heterocycles. The number of carbonyl (C=O) groups is 1. The fourth-order valence-corrected chi connectivity index (χ4v) is 2.17. The Labute approximate surface area is 98.8 Å². The van der Waals surface area contributed by atoms with Crippen molar-refractivity contribution in [3.8, 4) is 11.5 Å². The Morgan fingerprint density at radius 1 is 1.47 bits per heavy atom. The van der Waals surface area contributed by atoms with Gasteiger partial charge in [0.2, 0.25) is 0 Å². The Morgan fingerprint density at radius 2 is 2.12 bits per heavy atom. The number of nitrogens with two attached hydrogens (primary N) is 1. The summed E-state index contributed by atoms with van der Waals surface area (Å²) in [5, 5.41) is 19.3. The standard InChI is InChI=1S/C12H15NO4/c1-17-11(16)10(13)12(5-6-12)7-3-2-4-8(14)9(7)15/h2-4,10,14-15H,5-6,13H2,1H3. The van der Waals surface area contributed by atoms with Gasteiger partial charge in [-0.3, -0.25) is 4.79 Å². The number of carbonyl (C=O) groups excluding carboxylic acids is 1. The smallest absolute Gasteiger partial charge is 0.323 e. The van der Waals surface area contributed by atoms with Gasteiger partial charge in [0.05, 0.1) is 7.11 Å². The first-order valence-electron chi connectivity index (χ1n) is 5.38. The average Bonchev–Trinajstić information content (AvgIpc) is 3.12. The van der Waals surface area contributed by atoms with Gasteiger partial charge >= 0.3 is 5.97 Å². The molecule has 0 aliphatic heterocycles. The molecule has 1 saturated carbocycles. The molecule has 1 aromatic rings. The van der Waals surface area contributed by atoms with E-state index in [0.717, 1.165) is 0 Å². The van der Waals surface area contributed by atoms with Gasteiger partial charge in [-0.25, -0.2) is 0 Å². The first kappa shape index (κ1) is 11.7. The lowest BCUT2D eigenvalue weighted by Crippen LogP contribution is -2.42. The maximum absolute atomic E-state index is 11.5. The third-order valence-corrected chi connectivity index (χ3v) is 3.39. The molecule has 0 amide bonds. The zero-order chi connectivity index (χ0) is 12.6. The number of para-hydroxylation sites is 1. The molecule has 0 aromatic heterocycles. The van der Waals surface area contributed by atoms with Crippen LogP contribution in [0.4, 0.5) is 0 Å². The molecule has 92 valence electrons. The maximum atomic E-state index is 11.5. The monoisotopic (exact) mass is 237 g/mol. The van der Waals surface area contributed by atoms with E-state index in [1.165, 1.54) is 13.2 Å². The Bertz CT molecular complexity index is 454. The molecule has 0 bridgehead atoms. The van der Waals surface area contributed by atoms with Crippen LogP contribution in [-0.2, 0) is 14.9 Å². The molecule has 1 aliphatic rings. The van der Waals surface area contributed by atoms with Gasteiger partial charge in [0.25, 0.3) is 0 Å². The number of hydrogen-bond donors (Lipinski definition) is 3. The molecule has 4 N–H and O–H groups in total. The van der Waals surface area contributed by atoms with Crippen LogP contribution in [0.1, 0.15) is 18.4 Å². The van der Waals surface area contributed by atoms with Crippen molar-refractivity contribution in [2.45, 2.75) is 24.3 Å². The lowest BCUT2D eigenvalue weighted by atomic mass is 9.87. The largest absolute Gasteiger partial charge is 0.504 e. The van der Waals surface area contributed by atoms with E-state index in [9.17, 15) is 15.0 Å². The van der Waals surface area contributed by atoms with E-state index in [1.807, 2.05) is 0 Å². The van der Waals surface area contributed by atoms with E-state index in [0.29, 0.717) is 18.4 Å². The van der Waals surface area contributed by atoms with Crippen molar-refractivity contribution in [2.24, 2.45) is 5.73 Å². The van der Waals surface area contributed by atoms with Crippen LogP contribution in [0.5, 0.6) is 11.5 Å². The number of aromatic hydroxyl groups is 2. The summed E-state index contributed by atoms with van der Waals surface area (Å²) in [6.07, 6.45) is 1.39. The summed E-state index contributed by atoms with van der Waals surface area (Å²) in [5.41, 5.74) is 5.76. The Morgan fingerprint density at radius 3 is 2.65 bits per heavy atom. The average molecular weight is 237 g/mol. The Balaban J connectivity index is 2.39. The van der Waals surface area contributed by atoms with Crippen LogP contribution in [0.15, 0.2) is 18.2 Å². The molecule has 17 heavy (non-hydrogen) atoms. The molecular weight excluding hydrogens is 222 g/mol. The van der Waals surface area contributed by atoms with Crippen molar-refractivity contribution in [2.75, 3.05) is 7.11 Å². The van der Waals surface area contributed by atoms with Gasteiger partial charge in [-0.1, -0.05) is 12.1 Å². The van der Waals surface area contributed by atoms with Crippen molar-refractivity contribution < 1.29 is 19.7 Å². The summed E-state index contributed by atoms with van der Waals surface area (Å²) in [5.74, 6) is -0.916. The fourth-order valence-electron chi connectivity index (χ4n) is 2.17. The molecule has 1 fully saturated rings. The third-order valence-electron chi connectivity index (χ3n) is 3.39. The summed E-state index contributed by atoms with van der Waals surface area (Å²) in [6.45, 7) is 0. The molecule has 1 unspecified atom stereocenters. The lowest BCUT2D eigenvalue weighted by Gasteiger charge is -2.22. The predicted molar refractivity (Wildman–Crippen MR) is 60.7 cm³/mol. The zero-order valence-electron chi connectivity index (χ0n) is 9.51. The normalized spacial score (nSPS) is 18.5. The first-order valence-corrected chi connectivity index (χ1v) is 5.38. The summed E-state index contributed by atoms with van der Waals surface area (Å²) in [7, 11) is 1.28. The van der Waals surface area contributed by atoms with Crippen LogP contribution in [0.25, 0.3) is 0 Å². The summed E-state index contributed by atoms with van der Waals surface area (Å²) in [4.78, 5) is 11.5. The number of hydrogen-bond acceptors (Lipinski definition) is 5. The van der Waals surface area contributed by atoms with E-state index < -0.39 is 17.4 Å². The maximum Gasteiger partial charge on any atom is 0.323 e. The van der Waals surface area contributed by atoms with E-state index in [4.69, 9.17) is 5.73 Å². The molecule has 1 aromatic carbocycles.